The minimum Gasteiger partial charge on any atom is -0.450 e. The van der Waals surface area contributed by atoms with Crippen molar-refractivity contribution in [3.05, 3.63) is 81.2 Å². The zero-order valence-corrected chi connectivity index (χ0v) is 14.1. The highest BCUT2D eigenvalue weighted by Crippen LogP contribution is 2.38. The zero-order valence-electron chi connectivity index (χ0n) is 14.1. The van der Waals surface area contributed by atoms with Crippen LogP contribution >= 0.6 is 0 Å². The molecule has 2 aromatic carbocycles. The third kappa shape index (κ3) is 2.80. The largest absolute Gasteiger partial charge is 0.450 e. The van der Waals surface area contributed by atoms with Gasteiger partial charge in [-0.05, 0) is 42.3 Å². The van der Waals surface area contributed by atoms with E-state index in [9.17, 15) is 18.4 Å². The number of aliphatic hydroxyl groups excluding tert-OH is 1. The number of rotatable bonds is 4. The van der Waals surface area contributed by atoms with Crippen LogP contribution < -0.4 is 5.43 Å². The number of nitrogens with zero attached hydrogens (tertiary/aromatic N) is 1. The molecule has 2 heterocycles. The van der Waals surface area contributed by atoms with Crippen molar-refractivity contribution in [3.63, 3.8) is 0 Å². The van der Waals surface area contributed by atoms with E-state index in [0.717, 1.165) is 12.1 Å². The lowest BCUT2D eigenvalue weighted by Crippen LogP contribution is -2.31. The fraction of sp³-hybridized carbons (Fsp3) is 0.200. The van der Waals surface area contributed by atoms with Crippen LogP contribution in [0.15, 0.2) is 51.7 Å². The number of benzene rings is 2. The van der Waals surface area contributed by atoms with Crippen molar-refractivity contribution < 1.29 is 23.1 Å². The number of halogens is 2. The fourth-order valence-electron chi connectivity index (χ4n) is 3.49. The first-order valence-electron chi connectivity index (χ1n) is 8.45. The molecule has 27 heavy (non-hydrogen) atoms. The molecule has 0 saturated heterocycles. The minimum atomic E-state index is -0.862. The monoisotopic (exact) mass is 371 g/mol. The summed E-state index contributed by atoms with van der Waals surface area (Å²) in [5.41, 5.74) is 0.0418. The van der Waals surface area contributed by atoms with Gasteiger partial charge in [0.2, 0.25) is 5.76 Å². The van der Waals surface area contributed by atoms with Crippen LogP contribution in [0.1, 0.15) is 34.1 Å². The van der Waals surface area contributed by atoms with Gasteiger partial charge >= 0.3 is 0 Å². The van der Waals surface area contributed by atoms with Gasteiger partial charge in [-0.2, -0.15) is 0 Å². The van der Waals surface area contributed by atoms with Crippen molar-refractivity contribution in [3.8, 4) is 0 Å². The van der Waals surface area contributed by atoms with Crippen molar-refractivity contribution in [2.75, 3.05) is 13.2 Å². The normalized spacial score (nSPS) is 16.2. The van der Waals surface area contributed by atoms with E-state index in [1.54, 1.807) is 6.07 Å². The maximum Gasteiger partial charge on any atom is 0.290 e. The first-order valence-corrected chi connectivity index (χ1v) is 8.45. The number of carbonyl (C=O) groups excluding carboxylic acids is 1. The number of fused-ring (bicyclic) bond motifs is 2. The molecule has 1 atom stereocenters. The lowest BCUT2D eigenvalue weighted by Gasteiger charge is -2.24. The van der Waals surface area contributed by atoms with Gasteiger partial charge in [0.25, 0.3) is 5.91 Å². The highest BCUT2D eigenvalue weighted by Gasteiger charge is 2.42. The van der Waals surface area contributed by atoms with E-state index in [1.807, 2.05) is 0 Å². The lowest BCUT2D eigenvalue weighted by atomic mass is 9.98. The first kappa shape index (κ1) is 17.4. The van der Waals surface area contributed by atoms with Crippen LogP contribution in [0.4, 0.5) is 8.78 Å². The van der Waals surface area contributed by atoms with Crippen LogP contribution in [-0.4, -0.2) is 29.1 Å². The summed E-state index contributed by atoms with van der Waals surface area (Å²) >= 11 is 0. The maximum atomic E-state index is 13.8. The highest BCUT2D eigenvalue weighted by atomic mass is 19.1. The van der Waals surface area contributed by atoms with E-state index >= 15 is 0 Å². The van der Waals surface area contributed by atoms with Crippen LogP contribution in [0.2, 0.25) is 0 Å². The molecule has 1 amide bonds. The Morgan fingerprint density at radius 2 is 1.85 bits per heavy atom. The van der Waals surface area contributed by atoms with Gasteiger partial charge in [-0.15, -0.1) is 0 Å². The van der Waals surface area contributed by atoms with E-state index in [4.69, 9.17) is 9.52 Å². The van der Waals surface area contributed by atoms with Gasteiger partial charge in [-0.1, -0.05) is 12.1 Å². The number of carbonyl (C=O) groups is 1. The number of amides is 1. The summed E-state index contributed by atoms with van der Waals surface area (Å²) in [6, 6.07) is 8.24. The second-order valence-corrected chi connectivity index (χ2v) is 6.35. The molecule has 138 valence electrons. The molecule has 3 aromatic rings. The first-order chi connectivity index (χ1) is 13.0. The fourth-order valence-corrected chi connectivity index (χ4v) is 3.49. The van der Waals surface area contributed by atoms with Crippen molar-refractivity contribution in [1.82, 2.24) is 4.90 Å². The molecule has 0 spiro atoms. The highest BCUT2D eigenvalue weighted by molar-refractivity contribution is 5.99. The topological polar surface area (TPSA) is 70.8 Å². The summed E-state index contributed by atoms with van der Waals surface area (Å²) in [4.78, 5) is 27.3. The molecule has 7 heteroatoms. The average molecular weight is 371 g/mol. The molecule has 0 aliphatic carbocycles. The lowest BCUT2D eigenvalue weighted by molar-refractivity contribution is 0.0716. The zero-order chi connectivity index (χ0) is 19.1. The number of hydrogen-bond acceptors (Lipinski definition) is 4. The third-order valence-electron chi connectivity index (χ3n) is 4.65. The second-order valence-electron chi connectivity index (χ2n) is 6.35. The summed E-state index contributed by atoms with van der Waals surface area (Å²) in [7, 11) is 0. The minimum absolute atomic E-state index is 0.0203. The van der Waals surface area contributed by atoms with Gasteiger partial charge in [0, 0.05) is 13.2 Å². The van der Waals surface area contributed by atoms with E-state index in [0.29, 0.717) is 5.56 Å². The molecule has 1 unspecified atom stereocenters. The Kier molecular flexibility index (Phi) is 4.24. The van der Waals surface area contributed by atoms with Gasteiger partial charge in [-0.25, -0.2) is 8.78 Å². The molecule has 0 fully saturated rings. The Morgan fingerprint density at radius 3 is 2.59 bits per heavy atom. The standard InChI is InChI=1S/C20H15F2NO4/c21-12-4-1-3-11(9-12)17-16-18(25)14-10-13(22)5-6-15(14)27-19(16)20(26)23(17)7-2-8-24/h1,3-6,9-10,17,24H,2,7-8H2. The molecular formula is C20H15F2NO4. The Morgan fingerprint density at radius 1 is 1.07 bits per heavy atom. The second kappa shape index (κ2) is 6.59. The molecule has 1 aliphatic rings. The molecule has 0 bridgehead atoms. The predicted molar refractivity (Wildman–Crippen MR) is 93.4 cm³/mol. The van der Waals surface area contributed by atoms with Gasteiger partial charge in [0.05, 0.1) is 17.0 Å². The molecule has 5 nitrogen and oxygen atoms in total. The quantitative estimate of drug-likeness (QED) is 0.765. The van der Waals surface area contributed by atoms with E-state index in [-0.39, 0.29) is 41.9 Å². The average Bonchev–Trinajstić information content (AvgIpc) is 2.93. The van der Waals surface area contributed by atoms with E-state index in [2.05, 4.69) is 0 Å². The predicted octanol–water partition coefficient (Wildman–Crippen LogP) is 3.00. The number of hydrogen-bond donors (Lipinski definition) is 1. The van der Waals surface area contributed by atoms with Crippen LogP contribution in [0, 0.1) is 11.6 Å². The number of aliphatic hydroxyl groups is 1. The molecule has 4 rings (SSSR count). The van der Waals surface area contributed by atoms with Crippen LogP contribution in [0.25, 0.3) is 11.0 Å². The summed E-state index contributed by atoms with van der Waals surface area (Å²) in [5, 5.41) is 9.17. The molecule has 0 radical (unpaired) electrons. The van der Waals surface area contributed by atoms with E-state index in [1.165, 1.54) is 29.2 Å². The SMILES string of the molecule is O=C1c2oc3ccc(F)cc3c(=O)c2C(c2cccc(F)c2)N1CCCO. The smallest absolute Gasteiger partial charge is 0.290 e. The van der Waals surface area contributed by atoms with Crippen LogP contribution in [-0.2, 0) is 0 Å². The Labute approximate surface area is 152 Å². The molecule has 1 aromatic heterocycles. The Balaban J connectivity index is 1.99. The summed E-state index contributed by atoms with van der Waals surface area (Å²) < 4.78 is 33.0. The van der Waals surface area contributed by atoms with Crippen molar-refractivity contribution in [1.29, 1.82) is 0 Å². The summed E-state index contributed by atoms with van der Waals surface area (Å²) in [6.07, 6.45) is 0.286. The van der Waals surface area contributed by atoms with E-state index < -0.39 is 29.0 Å². The molecule has 1 aliphatic heterocycles. The molecular weight excluding hydrogens is 356 g/mol. The van der Waals surface area contributed by atoms with Crippen LogP contribution in [0.5, 0.6) is 0 Å². The third-order valence-corrected chi connectivity index (χ3v) is 4.65. The van der Waals surface area contributed by atoms with Crippen molar-refractivity contribution >= 4 is 16.9 Å². The Bertz CT molecular complexity index is 1110. The van der Waals surface area contributed by atoms with Gasteiger partial charge in [0.15, 0.2) is 5.43 Å². The maximum absolute atomic E-state index is 13.8. The molecule has 0 saturated carbocycles. The van der Waals surface area contributed by atoms with Gasteiger partial charge in [-0.3, -0.25) is 9.59 Å². The summed E-state index contributed by atoms with van der Waals surface area (Å²) in [6.45, 7) is 0.00934. The van der Waals surface area contributed by atoms with Crippen molar-refractivity contribution in [2.24, 2.45) is 0 Å². The van der Waals surface area contributed by atoms with Gasteiger partial charge < -0.3 is 14.4 Å². The summed E-state index contributed by atoms with van der Waals surface area (Å²) in [5.74, 6) is -1.76. The van der Waals surface area contributed by atoms with Gasteiger partial charge in [0.1, 0.15) is 17.2 Å². The molecule has 1 N–H and O–H groups in total. The van der Waals surface area contributed by atoms with Crippen molar-refractivity contribution in [2.45, 2.75) is 12.5 Å². The van der Waals surface area contributed by atoms with Crippen LogP contribution in [0.3, 0.4) is 0 Å². The Hall–Kier alpha value is -3.06.